The van der Waals surface area contributed by atoms with Crippen molar-refractivity contribution in [3.63, 3.8) is 0 Å². The number of halogens is 1. The molecule has 1 saturated heterocycles. The average molecular weight is 418 g/mol. The number of hydrogen-bond acceptors (Lipinski definition) is 4. The quantitative estimate of drug-likeness (QED) is 0.770. The lowest BCUT2D eigenvalue weighted by molar-refractivity contribution is -0.137. The molecule has 0 radical (unpaired) electrons. The normalized spacial score (nSPS) is 18.6. The fourth-order valence-corrected chi connectivity index (χ4v) is 4.96. The summed E-state index contributed by atoms with van der Waals surface area (Å²) in [7, 11) is 0. The summed E-state index contributed by atoms with van der Waals surface area (Å²) in [4.78, 5) is 33.1. The molecule has 1 fully saturated rings. The Balaban J connectivity index is 1.32. The van der Waals surface area contributed by atoms with E-state index in [0.717, 1.165) is 19.5 Å². The van der Waals surface area contributed by atoms with E-state index < -0.39 is 0 Å². The molecular weight excluding hydrogens is 394 g/mol. The first kappa shape index (κ1) is 19.4. The van der Waals surface area contributed by atoms with Crippen LogP contribution >= 0.6 is 22.9 Å². The van der Waals surface area contributed by atoms with Crippen LogP contribution in [0.15, 0.2) is 35.7 Å². The Kier molecular flexibility index (Phi) is 5.71. The predicted octanol–water partition coefficient (Wildman–Crippen LogP) is 3.13. The molecule has 5 nitrogen and oxygen atoms in total. The van der Waals surface area contributed by atoms with Crippen LogP contribution in [-0.4, -0.2) is 65.3 Å². The fourth-order valence-electron chi connectivity index (χ4n) is 3.94. The average Bonchev–Trinajstić information content (AvgIpc) is 3.21. The smallest absolute Gasteiger partial charge is 0.253 e. The van der Waals surface area contributed by atoms with E-state index in [1.54, 1.807) is 35.6 Å². The van der Waals surface area contributed by atoms with E-state index in [4.69, 9.17) is 11.6 Å². The van der Waals surface area contributed by atoms with Gasteiger partial charge in [-0.2, -0.15) is 0 Å². The lowest BCUT2D eigenvalue weighted by Gasteiger charge is -2.39. The lowest BCUT2D eigenvalue weighted by atomic mass is 10.1. The summed E-state index contributed by atoms with van der Waals surface area (Å²) in [5.41, 5.74) is 1.94. The van der Waals surface area contributed by atoms with Crippen LogP contribution in [0.3, 0.4) is 0 Å². The molecule has 2 aliphatic rings. The third kappa shape index (κ3) is 3.95. The topological polar surface area (TPSA) is 43.9 Å². The second-order valence-electron chi connectivity index (χ2n) is 7.39. The van der Waals surface area contributed by atoms with Crippen molar-refractivity contribution in [2.24, 2.45) is 0 Å². The molecule has 1 aromatic heterocycles. The maximum Gasteiger partial charge on any atom is 0.253 e. The van der Waals surface area contributed by atoms with E-state index in [1.807, 2.05) is 16.7 Å². The number of carbonyl (C=O) groups excluding carboxylic acids is 2. The molecule has 0 saturated carbocycles. The molecule has 0 aliphatic carbocycles. The first-order chi connectivity index (χ1) is 13.5. The molecule has 1 atom stereocenters. The van der Waals surface area contributed by atoms with Gasteiger partial charge in [-0.05, 0) is 54.6 Å². The van der Waals surface area contributed by atoms with Crippen LogP contribution < -0.4 is 0 Å². The fraction of sp³-hybridized carbons (Fsp3) is 0.429. The van der Waals surface area contributed by atoms with E-state index in [0.29, 0.717) is 36.8 Å². The molecule has 28 heavy (non-hydrogen) atoms. The summed E-state index contributed by atoms with van der Waals surface area (Å²) in [5.74, 6) is 0.214. The van der Waals surface area contributed by atoms with Gasteiger partial charge in [-0.15, -0.1) is 11.3 Å². The molecule has 0 N–H and O–H groups in total. The summed E-state index contributed by atoms with van der Waals surface area (Å²) in [6.45, 7) is 6.19. The van der Waals surface area contributed by atoms with Crippen LogP contribution in [0.1, 0.15) is 27.7 Å². The molecule has 4 rings (SSSR count). The summed E-state index contributed by atoms with van der Waals surface area (Å²) in [6, 6.07) is 8.97. The van der Waals surface area contributed by atoms with Crippen molar-refractivity contribution in [2.45, 2.75) is 25.9 Å². The largest absolute Gasteiger partial charge is 0.337 e. The Morgan fingerprint density at radius 2 is 1.71 bits per heavy atom. The summed E-state index contributed by atoms with van der Waals surface area (Å²) >= 11 is 7.69. The van der Waals surface area contributed by atoms with Gasteiger partial charge in [-0.25, -0.2) is 0 Å². The number of piperazine rings is 1. The third-order valence-electron chi connectivity index (χ3n) is 5.72. The Hall–Kier alpha value is -1.89. The number of carbonyl (C=O) groups is 2. The molecular formula is C21H24ClN3O2S. The van der Waals surface area contributed by atoms with Gasteiger partial charge in [-0.3, -0.25) is 14.5 Å². The summed E-state index contributed by atoms with van der Waals surface area (Å²) in [5, 5.41) is 2.74. The number of amides is 2. The zero-order chi connectivity index (χ0) is 19.7. The highest BCUT2D eigenvalue weighted by atomic mass is 35.5. The number of hydrogen-bond donors (Lipinski definition) is 0. The first-order valence-corrected chi connectivity index (χ1v) is 10.9. The molecule has 148 valence electrons. The van der Waals surface area contributed by atoms with Crippen molar-refractivity contribution in [2.75, 3.05) is 32.7 Å². The molecule has 1 unspecified atom stereocenters. The zero-order valence-electron chi connectivity index (χ0n) is 15.9. The van der Waals surface area contributed by atoms with Gasteiger partial charge < -0.3 is 9.80 Å². The zero-order valence-corrected chi connectivity index (χ0v) is 17.5. The van der Waals surface area contributed by atoms with E-state index in [1.165, 1.54) is 10.4 Å². The SMILES string of the molecule is CC(C(=O)N1CCc2sccc2C1)N1CCN(C(=O)c2ccc(Cl)cc2)CC1. The van der Waals surface area contributed by atoms with Crippen molar-refractivity contribution in [3.05, 3.63) is 56.7 Å². The second kappa shape index (κ2) is 8.23. The van der Waals surface area contributed by atoms with Crippen molar-refractivity contribution >= 4 is 34.8 Å². The van der Waals surface area contributed by atoms with Crippen LogP contribution in [0, 0.1) is 0 Å². The molecule has 2 aromatic rings. The molecule has 0 spiro atoms. The number of benzene rings is 1. The molecule has 7 heteroatoms. The van der Waals surface area contributed by atoms with Crippen molar-refractivity contribution in [1.82, 2.24) is 14.7 Å². The maximum atomic E-state index is 13.0. The number of thiophene rings is 1. The van der Waals surface area contributed by atoms with Crippen molar-refractivity contribution in [1.29, 1.82) is 0 Å². The van der Waals surface area contributed by atoms with Gasteiger partial charge in [0, 0.05) is 54.7 Å². The number of rotatable bonds is 3. The number of fused-ring (bicyclic) bond motifs is 1. The minimum atomic E-state index is -0.159. The molecule has 3 heterocycles. The van der Waals surface area contributed by atoms with Crippen molar-refractivity contribution < 1.29 is 9.59 Å². The van der Waals surface area contributed by atoms with Gasteiger partial charge >= 0.3 is 0 Å². The minimum Gasteiger partial charge on any atom is -0.337 e. The third-order valence-corrected chi connectivity index (χ3v) is 6.99. The Labute approximate surface area is 174 Å². The highest BCUT2D eigenvalue weighted by Gasteiger charge is 2.31. The lowest BCUT2D eigenvalue weighted by Crippen LogP contribution is -2.55. The van der Waals surface area contributed by atoms with Gasteiger partial charge in [0.1, 0.15) is 0 Å². The van der Waals surface area contributed by atoms with E-state index in [2.05, 4.69) is 16.3 Å². The standard InChI is InChI=1S/C21H24ClN3O2S/c1-15(20(26)25-8-6-19-17(14-25)7-13-28-19)23-9-11-24(12-10-23)21(27)16-2-4-18(22)5-3-16/h2-5,7,13,15H,6,8-12,14H2,1H3. The highest BCUT2D eigenvalue weighted by molar-refractivity contribution is 7.10. The number of nitrogens with zero attached hydrogens (tertiary/aromatic N) is 3. The van der Waals surface area contributed by atoms with Crippen LogP contribution in [0.2, 0.25) is 5.02 Å². The Morgan fingerprint density at radius 1 is 1.00 bits per heavy atom. The van der Waals surface area contributed by atoms with E-state index in [-0.39, 0.29) is 17.9 Å². The van der Waals surface area contributed by atoms with Gasteiger partial charge in [0.05, 0.1) is 6.04 Å². The molecule has 1 aromatic carbocycles. The predicted molar refractivity (Wildman–Crippen MR) is 112 cm³/mol. The summed E-state index contributed by atoms with van der Waals surface area (Å²) < 4.78 is 0. The van der Waals surface area contributed by atoms with Crippen LogP contribution in [0.25, 0.3) is 0 Å². The van der Waals surface area contributed by atoms with Crippen LogP contribution in [-0.2, 0) is 17.8 Å². The van der Waals surface area contributed by atoms with Crippen molar-refractivity contribution in [3.8, 4) is 0 Å². The minimum absolute atomic E-state index is 0.0244. The van der Waals surface area contributed by atoms with Gasteiger partial charge in [0.15, 0.2) is 0 Å². The Bertz CT molecular complexity index is 859. The molecule has 0 bridgehead atoms. The van der Waals surface area contributed by atoms with Crippen LogP contribution in [0.5, 0.6) is 0 Å². The molecule has 2 amide bonds. The highest BCUT2D eigenvalue weighted by Crippen LogP contribution is 2.25. The van der Waals surface area contributed by atoms with Crippen LogP contribution in [0.4, 0.5) is 0 Å². The molecule has 2 aliphatic heterocycles. The van der Waals surface area contributed by atoms with E-state index >= 15 is 0 Å². The maximum absolute atomic E-state index is 13.0. The van der Waals surface area contributed by atoms with E-state index in [9.17, 15) is 9.59 Å². The van der Waals surface area contributed by atoms with Gasteiger partial charge in [0.25, 0.3) is 5.91 Å². The van der Waals surface area contributed by atoms with Gasteiger partial charge in [0.2, 0.25) is 5.91 Å². The monoisotopic (exact) mass is 417 g/mol. The second-order valence-corrected chi connectivity index (χ2v) is 8.83. The van der Waals surface area contributed by atoms with Gasteiger partial charge in [-0.1, -0.05) is 11.6 Å². The Morgan fingerprint density at radius 3 is 2.43 bits per heavy atom. The summed E-state index contributed by atoms with van der Waals surface area (Å²) in [6.07, 6.45) is 0.953. The first-order valence-electron chi connectivity index (χ1n) is 9.66.